The number of hydrogen-bond acceptors (Lipinski definition) is 1. The Morgan fingerprint density at radius 1 is 0.317 bits per heavy atom. The zero-order valence-electron chi connectivity index (χ0n) is 22.4. The standard InChI is InChI=1S/C40H26O/c1-3-11-31(12-4-1)19-21-33-15-7-9-17-39(33)35-23-27-37(28-24-35)41-38-29-25-36(26-30-38)40-18-10-8-16-34(40)22-20-32-13-5-2-6-14-32/h1-18,23-30H. The van der Waals surface area contributed by atoms with Gasteiger partial charge in [-0.05, 0) is 82.9 Å². The molecule has 0 fully saturated rings. The molecule has 0 spiro atoms. The lowest BCUT2D eigenvalue weighted by atomic mass is 9.99. The molecule has 0 N–H and O–H groups in total. The molecule has 0 amide bonds. The fraction of sp³-hybridized carbons (Fsp3) is 0. The van der Waals surface area contributed by atoms with Crippen LogP contribution >= 0.6 is 0 Å². The average molecular weight is 523 g/mol. The van der Waals surface area contributed by atoms with Gasteiger partial charge in [-0.1, -0.05) is 121 Å². The third kappa shape index (κ3) is 6.46. The molecule has 0 heterocycles. The van der Waals surface area contributed by atoms with Gasteiger partial charge in [-0.2, -0.15) is 0 Å². The van der Waals surface area contributed by atoms with Gasteiger partial charge in [0.25, 0.3) is 0 Å². The van der Waals surface area contributed by atoms with Crippen molar-refractivity contribution in [3.8, 4) is 57.4 Å². The normalized spacial score (nSPS) is 10.0. The van der Waals surface area contributed by atoms with Gasteiger partial charge < -0.3 is 4.74 Å². The van der Waals surface area contributed by atoms with Crippen LogP contribution in [-0.2, 0) is 0 Å². The Kier molecular flexibility index (Phi) is 7.72. The molecule has 0 aliphatic carbocycles. The number of rotatable bonds is 4. The van der Waals surface area contributed by atoms with E-state index in [4.69, 9.17) is 4.74 Å². The summed E-state index contributed by atoms with van der Waals surface area (Å²) in [5, 5.41) is 0. The summed E-state index contributed by atoms with van der Waals surface area (Å²) >= 11 is 0. The molecule has 0 saturated heterocycles. The molecule has 6 aromatic carbocycles. The summed E-state index contributed by atoms with van der Waals surface area (Å²) in [6.45, 7) is 0. The van der Waals surface area contributed by atoms with Gasteiger partial charge in [0.15, 0.2) is 0 Å². The summed E-state index contributed by atoms with van der Waals surface area (Å²) in [6.07, 6.45) is 0. The first kappa shape index (κ1) is 25.5. The van der Waals surface area contributed by atoms with Gasteiger partial charge >= 0.3 is 0 Å². The van der Waals surface area contributed by atoms with Crippen molar-refractivity contribution in [2.75, 3.05) is 0 Å². The molecule has 0 radical (unpaired) electrons. The van der Waals surface area contributed by atoms with Gasteiger partial charge in [0.2, 0.25) is 0 Å². The van der Waals surface area contributed by atoms with Crippen molar-refractivity contribution in [2.24, 2.45) is 0 Å². The van der Waals surface area contributed by atoms with E-state index in [0.29, 0.717) is 0 Å². The van der Waals surface area contributed by atoms with E-state index in [0.717, 1.165) is 56.0 Å². The summed E-state index contributed by atoms with van der Waals surface area (Å²) < 4.78 is 6.18. The zero-order valence-corrected chi connectivity index (χ0v) is 22.4. The third-order valence-corrected chi connectivity index (χ3v) is 6.65. The van der Waals surface area contributed by atoms with Crippen LogP contribution in [0.3, 0.4) is 0 Å². The van der Waals surface area contributed by atoms with Gasteiger partial charge in [0.05, 0.1) is 0 Å². The molecule has 0 atom stereocenters. The van der Waals surface area contributed by atoms with E-state index in [1.807, 2.05) is 109 Å². The van der Waals surface area contributed by atoms with Crippen LogP contribution in [0.1, 0.15) is 22.3 Å². The highest BCUT2D eigenvalue weighted by molar-refractivity contribution is 5.73. The molecule has 1 nitrogen and oxygen atoms in total. The molecule has 0 aliphatic heterocycles. The number of benzene rings is 6. The van der Waals surface area contributed by atoms with E-state index in [2.05, 4.69) is 72.2 Å². The maximum Gasteiger partial charge on any atom is 0.127 e. The molecule has 192 valence electrons. The Morgan fingerprint density at radius 2 is 0.683 bits per heavy atom. The lowest BCUT2D eigenvalue weighted by Gasteiger charge is -2.10. The first-order valence-electron chi connectivity index (χ1n) is 13.5. The van der Waals surface area contributed by atoms with Crippen LogP contribution in [0.15, 0.2) is 158 Å². The first-order valence-corrected chi connectivity index (χ1v) is 13.5. The first-order chi connectivity index (χ1) is 20.3. The Morgan fingerprint density at radius 3 is 1.10 bits per heavy atom. The minimum atomic E-state index is 0.781. The number of ether oxygens (including phenoxy) is 1. The predicted octanol–water partition coefficient (Wildman–Crippen LogP) is 9.61. The lowest BCUT2D eigenvalue weighted by molar-refractivity contribution is 0.483. The summed E-state index contributed by atoms with van der Waals surface area (Å²) in [5.41, 5.74) is 8.38. The fourth-order valence-electron chi connectivity index (χ4n) is 4.55. The second-order valence-corrected chi connectivity index (χ2v) is 9.47. The van der Waals surface area contributed by atoms with Crippen LogP contribution in [0.4, 0.5) is 0 Å². The second-order valence-electron chi connectivity index (χ2n) is 9.47. The van der Waals surface area contributed by atoms with E-state index in [1.54, 1.807) is 0 Å². The zero-order chi connectivity index (χ0) is 27.7. The average Bonchev–Trinajstić information content (AvgIpc) is 3.05. The minimum Gasteiger partial charge on any atom is -0.457 e. The topological polar surface area (TPSA) is 9.23 Å². The van der Waals surface area contributed by atoms with E-state index < -0.39 is 0 Å². The predicted molar refractivity (Wildman–Crippen MR) is 169 cm³/mol. The summed E-state index contributed by atoms with van der Waals surface area (Å²) in [5.74, 6) is 14.8. The number of hydrogen-bond donors (Lipinski definition) is 0. The molecule has 0 saturated carbocycles. The molecule has 0 bridgehead atoms. The quantitative estimate of drug-likeness (QED) is 0.209. The molecular weight excluding hydrogens is 496 g/mol. The minimum absolute atomic E-state index is 0.781. The molecule has 6 aromatic rings. The van der Waals surface area contributed by atoms with Crippen LogP contribution in [-0.4, -0.2) is 0 Å². The SMILES string of the molecule is C(#Cc1ccccc1-c1ccc(Oc2ccc(-c3ccccc3C#Cc3ccccc3)cc2)cc1)c1ccccc1. The molecule has 41 heavy (non-hydrogen) atoms. The Balaban J connectivity index is 1.18. The highest BCUT2D eigenvalue weighted by Gasteiger charge is 2.06. The Hall–Kier alpha value is -5.76. The van der Waals surface area contributed by atoms with Crippen LogP contribution in [0.25, 0.3) is 22.3 Å². The Labute approximate surface area is 241 Å². The lowest BCUT2D eigenvalue weighted by Crippen LogP contribution is -1.88. The summed E-state index contributed by atoms with van der Waals surface area (Å²) in [4.78, 5) is 0. The van der Waals surface area contributed by atoms with Gasteiger partial charge in [-0.15, -0.1) is 0 Å². The second kappa shape index (κ2) is 12.4. The largest absolute Gasteiger partial charge is 0.457 e. The van der Waals surface area contributed by atoms with Gasteiger partial charge in [0.1, 0.15) is 11.5 Å². The van der Waals surface area contributed by atoms with Crippen molar-refractivity contribution < 1.29 is 4.74 Å². The Bertz CT molecular complexity index is 1740. The summed E-state index contributed by atoms with van der Waals surface area (Å²) in [6, 6.07) is 52.9. The molecular formula is C40H26O. The van der Waals surface area contributed by atoms with Crippen LogP contribution in [0.2, 0.25) is 0 Å². The molecule has 0 unspecified atom stereocenters. The highest BCUT2D eigenvalue weighted by atomic mass is 16.5. The van der Waals surface area contributed by atoms with E-state index in [-0.39, 0.29) is 0 Å². The fourth-order valence-corrected chi connectivity index (χ4v) is 4.55. The van der Waals surface area contributed by atoms with Crippen molar-refractivity contribution in [3.05, 3.63) is 180 Å². The molecule has 6 rings (SSSR count). The van der Waals surface area contributed by atoms with Crippen LogP contribution < -0.4 is 4.74 Å². The highest BCUT2D eigenvalue weighted by Crippen LogP contribution is 2.30. The molecule has 0 aromatic heterocycles. The third-order valence-electron chi connectivity index (χ3n) is 6.65. The van der Waals surface area contributed by atoms with Crippen molar-refractivity contribution in [2.45, 2.75) is 0 Å². The summed E-state index contributed by atoms with van der Waals surface area (Å²) in [7, 11) is 0. The van der Waals surface area contributed by atoms with Crippen molar-refractivity contribution >= 4 is 0 Å². The van der Waals surface area contributed by atoms with E-state index >= 15 is 0 Å². The van der Waals surface area contributed by atoms with Gasteiger partial charge in [0, 0.05) is 22.3 Å². The van der Waals surface area contributed by atoms with Crippen LogP contribution in [0.5, 0.6) is 11.5 Å². The van der Waals surface area contributed by atoms with Crippen molar-refractivity contribution in [3.63, 3.8) is 0 Å². The smallest absolute Gasteiger partial charge is 0.127 e. The molecule has 1 heteroatoms. The maximum absolute atomic E-state index is 6.18. The molecule has 0 aliphatic rings. The van der Waals surface area contributed by atoms with Crippen molar-refractivity contribution in [1.29, 1.82) is 0 Å². The maximum atomic E-state index is 6.18. The van der Waals surface area contributed by atoms with E-state index in [9.17, 15) is 0 Å². The van der Waals surface area contributed by atoms with E-state index in [1.165, 1.54) is 0 Å². The van der Waals surface area contributed by atoms with Gasteiger partial charge in [-0.25, -0.2) is 0 Å². The van der Waals surface area contributed by atoms with Crippen molar-refractivity contribution in [1.82, 2.24) is 0 Å². The monoisotopic (exact) mass is 522 g/mol. The van der Waals surface area contributed by atoms with Gasteiger partial charge in [-0.3, -0.25) is 0 Å². The van der Waals surface area contributed by atoms with Crippen LogP contribution in [0, 0.1) is 23.7 Å².